The number of nitrogens with zero attached hydrogens (tertiary/aromatic N) is 3. The average molecular weight is 345 g/mol. The minimum atomic E-state index is -0.725. The number of hydrogen-bond donors (Lipinski definition) is 3. The van der Waals surface area contributed by atoms with Crippen molar-refractivity contribution in [1.29, 1.82) is 0 Å². The number of phenols is 1. The number of aromatic amines is 1. The van der Waals surface area contributed by atoms with Gasteiger partial charge in [-0.05, 0) is 23.6 Å². The van der Waals surface area contributed by atoms with Crippen LogP contribution < -0.4 is 5.32 Å². The molecule has 3 rings (SSSR count). The van der Waals surface area contributed by atoms with Crippen molar-refractivity contribution in [3.8, 4) is 16.5 Å². The Morgan fingerprint density at radius 3 is 2.92 bits per heavy atom. The van der Waals surface area contributed by atoms with Gasteiger partial charge in [-0.3, -0.25) is 20.0 Å². The highest BCUT2D eigenvalue weighted by Crippen LogP contribution is 2.26. The molecule has 0 unspecified atom stereocenters. The van der Waals surface area contributed by atoms with Gasteiger partial charge in [-0.25, -0.2) is 4.98 Å². The number of aromatic hydroxyl groups is 1. The van der Waals surface area contributed by atoms with Crippen molar-refractivity contribution >= 4 is 22.9 Å². The van der Waals surface area contributed by atoms with Crippen LogP contribution in [0.4, 0.5) is 5.69 Å². The highest BCUT2D eigenvalue weighted by atomic mass is 32.1. The first-order valence-electron chi connectivity index (χ1n) is 6.75. The molecule has 3 N–H and O–H groups in total. The first-order chi connectivity index (χ1) is 11.5. The van der Waals surface area contributed by atoms with Gasteiger partial charge in [-0.2, -0.15) is 5.10 Å². The zero-order chi connectivity index (χ0) is 17.1. The molecule has 0 aliphatic rings. The molecule has 0 aliphatic carbocycles. The van der Waals surface area contributed by atoms with Gasteiger partial charge in [0.1, 0.15) is 5.82 Å². The van der Waals surface area contributed by atoms with Crippen molar-refractivity contribution < 1.29 is 14.8 Å². The Labute approximate surface area is 139 Å². The summed E-state index contributed by atoms with van der Waals surface area (Å²) in [6.07, 6.45) is 0. The molecule has 0 aliphatic heterocycles. The lowest BCUT2D eigenvalue weighted by Crippen LogP contribution is -2.23. The summed E-state index contributed by atoms with van der Waals surface area (Å²) in [6.45, 7) is 0.106. The quantitative estimate of drug-likeness (QED) is 0.479. The van der Waals surface area contributed by atoms with Crippen LogP contribution in [0.15, 0.2) is 35.7 Å². The molecule has 0 spiro atoms. The Balaban J connectivity index is 1.65. The van der Waals surface area contributed by atoms with Crippen molar-refractivity contribution in [2.24, 2.45) is 0 Å². The van der Waals surface area contributed by atoms with E-state index in [0.29, 0.717) is 11.6 Å². The number of H-pyrrole nitrogens is 1. The van der Waals surface area contributed by atoms with Crippen LogP contribution in [0.5, 0.6) is 5.75 Å². The number of nitro benzene ring substituents is 1. The SMILES string of the molecule is O=C(NCc1nc(-c2cccs2)n[nH]1)c1ccc([N+](=O)[O-])c(O)c1. The van der Waals surface area contributed by atoms with E-state index in [1.165, 1.54) is 17.4 Å². The number of thiophene rings is 1. The van der Waals surface area contributed by atoms with Gasteiger partial charge in [0.25, 0.3) is 5.91 Å². The lowest BCUT2D eigenvalue weighted by atomic mass is 10.2. The number of rotatable bonds is 5. The van der Waals surface area contributed by atoms with E-state index in [2.05, 4.69) is 20.5 Å². The van der Waals surface area contributed by atoms with E-state index >= 15 is 0 Å². The summed E-state index contributed by atoms with van der Waals surface area (Å²) >= 11 is 1.50. The van der Waals surface area contributed by atoms with Gasteiger partial charge in [-0.15, -0.1) is 11.3 Å². The molecular formula is C14H11N5O4S. The molecule has 1 aromatic carbocycles. The van der Waals surface area contributed by atoms with Crippen LogP contribution in [0, 0.1) is 10.1 Å². The van der Waals surface area contributed by atoms with E-state index in [-0.39, 0.29) is 12.1 Å². The number of hydrogen-bond acceptors (Lipinski definition) is 7. The molecule has 10 heteroatoms. The third-order valence-electron chi connectivity index (χ3n) is 3.12. The van der Waals surface area contributed by atoms with Crippen molar-refractivity contribution in [2.45, 2.75) is 6.54 Å². The van der Waals surface area contributed by atoms with Crippen LogP contribution in [-0.2, 0) is 6.54 Å². The monoisotopic (exact) mass is 345 g/mol. The first kappa shape index (κ1) is 15.6. The molecular weight excluding hydrogens is 334 g/mol. The normalized spacial score (nSPS) is 10.5. The molecule has 0 bridgehead atoms. The first-order valence-corrected chi connectivity index (χ1v) is 7.63. The van der Waals surface area contributed by atoms with Crippen LogP contribution in [-0.4, -0.2) is 31.1 Å². The van der Waals surface area contributed by atoms with Gasteiger partial charge < -0.3 is 10.4 Å². The minimum absolute atomic E-state index is 0.106. The number of nitrogens with one attached hydrogen (secondary N) is 2. The second-order valence-electron chi connectivity index (χ2n) is 4.73. The van der Waals surface area contributed by atoms with Crippen molar-refractivity contribution in [3.05, 3.63) is 57.2 Å². The Morgan fingerprint density at radius 1 is 1.42 bits per heavy atom. The van der Waals surface area contributed by atoms with Crippen molar-refractivity contribution in [3.63, 3.8) is 0 Å². The van der Waals surface area contributed by atoms with Gasteiger partial charge in [0, 0.05) is 11.6 Å². The lowest BCUT2D eigenvalue weighted by Gasteiger charge is -2.04. The standard InChI is InChI=1S/C14H11N5O4S/c20-10-6-8(3-4-9(10)19(22)23)14(21)15-7-12-16-13(18-17-12)11-2-1-5-24-11/h1-6,20H,7H2,(H,15,21)(H,16,17,18). The minimum Gasteiger partial charge on any atom is -0.502 e. The maximum Gasteiger partial charge on any atom is 0.310 e. The fourth-order valence-corrected chi connectivity index (χ4v) is 2.63. The van der Waals surface area contributed by atoms with Gasteiger partial charge in [0.2, 0.25) is 0 Å². The van der Waals surface area contributed by atoms with Gasteiger partial charge in [-0.1, -0.05) is 6.07 Å². The second kappa shape index (κ2) is 6.46. The molecule has 1 amide bonds. The summed E-state index contributed by atoms with van der Waals surface area (Å²) in [5, 5.41) is 31.5. The van der Waals surface area contributed by atoms with E-state index in [1.807, 2.05) is 17.5 Å². The van der Waals surface area contributed by atoms with Crippen LogP contribution in [0.1, 0.15) is 16.2 Å². The number of carbonyl (C=O) groups excluding carboxylic acids is 1. The van der Waals surface area contributed by atoms with E-state index in [1.54, 1.807) is 0 Å². The van der Waals surface area contributed by atoms with Gasteiger partial charge in [0.15, 0.2) is 11.6 Å². The van der Waals surface area contributed by atoms with Crippen LogP contribution in [0.25, 0.3) is 10.7 Å². The summed E-state index contributed by atoms with van der Waals surface area (Å²) in [4.78, 5) is 27.1. The largest absolute Gasteiger partial charge is 0.502 e. The maximum absolute atomic E-state index is 12.0. The Kier molecular flexibility index (Phi) is 4.20. The Hall–Kier alpha value is -3.27. The molecule has 0 atom stereocenters. The molecule has 0 saturated heterocycles. The molecule has 2 aromatic heterocycles. The number of aromatic nitrogens is 3. The summed E-state index contributed by atoms with van der Waals surface area (Å²) in [6, 6.07) is 7.16. The average Bonchev–Trinajstić information content (AvgIpc) is 3.23. The summed E-state index contributed by atoms with van der Waals surface area (Å²) < 4.78 is 0. The third kappa shape index (κ3) is 3.22. The highest BCUT2D eigenvalue weighted by Gasteiger charge is 2.16. The Bertz CT molecular complexity index is 890. The second-order valence-corrected chi connectivity index (χ2v) is 5.67. The van der Waals surface area contributed by atoms with Crippen LogP contribution in [0.3, 0.4) is 0 Å². The van der Waals surface area contributed by atoms with E-state index in [9.17, 15) is 20.0 Å². The lowest BCUT2D eigenvalue weighted by molar-refractivity contribution is -0.385. The molecule has 122 valence electrons. The molecule has 3 aromatic rings. The van der Waals surface area contributed by atoms with Gasteiger partial charge in [0.05, 0.1) is 16.3 Å². The maximum atomic E-state index is 12.0. The van der Waals surface area contributed by atoms with E-state index in [0.717, 1.165) is 17.0 Å². The van der Waals surface area contributed by atoms with Crippen LogP contribution in [0.2, 0.25) is 0 Å². The third-order valence-corrected chi connectivity index (χ3v) is 3.99. The fourth-order valence-electron chi connectivity index (χ4n) is 1.98. The smallest absolute Gasteiger partial charge is 0.310 e. The fraction of sp³-hybridized carbons (Fsp3) is 0.0714. The molecule has 0 radical (unpaired) electrons. The number of amides is 1. The predicted molar refractivity (Wildman–Crippen MR) is 85.6 cm³/mol. The van der Waals surface area contributed by atoms with Crippen LogP contribution >= 0.6 is 11.3 Å². The Morgan fingerprint density at radius 2 is 2.25 bits per heavy atom. The highest BCUT2D eigenvalue weighted by molar-refractivity contribution is 7.13. The van der Waals surface area contributed by atoms with Crippen molar-refractivity contribution in [2.75, 3.05) is 0 Å². The molecule has 9 nitrogen and oxygen atoms in total. The van der Waals surface area contributed by atoms with E-state index < -0.39 is 22.3 Å². The zero-order valence-corrected chi connectivity index (χ0v) is 12.9. The number of phenolic OH excluding ortho intramolecular Hbond substituents is 1. The van der Waals surface area contributed by atoms with E-state index in [4.69, 9.17) is 0 Å². The summed E-state index contributed by atoms with van der Waals surface area (Å²) in [5.74, 6) is -0.0401. The number of nitro groups is 1. The summed E-state index contributed by atoms with van der Waals surface area (Å²) in [5.41, 5.74) is -0.349. The molecule has 24 heavy (non-hydrogen) atoms. The topological polar surface area (TPSA) is 134 Å². The molecule has 0 saturated carbocycles. The summed E-state index contributed by atoms with van der Waals surface area (Å²) in [7, 11) is 0. The zero-order valence-electron chi connectivity index (χ0n) is 12.1. The van der Waals surface area contributed by atoms with Gasteiger partial charge >= 0.3 is 5.69 Å². The number of benzene rings is 1. The molecule has 0 fully saturated rings. The number of carbonyl (C=O) groups is 1. The molecule has 2 heterocycles. The van der Waals surface area contributed by atoms with Crippen molar-refractivity contribution in [1.82, 2.24) is 20.5 Å². The predicted octanol–water partition coefficient (Wildman–Crippen LogP) is 2.08.